The minimum Gasteiger partial charge on any atom is -0.404 e. The van der Waals surface area contributed by atoms with Crippen LogP contribution in [0.25, 0.3) is 0 Å². The Hall–Kier alpha value is -1.42. The number of benzene rings is 2. The van der Waals surface area contributed by atoms with E-state index >= 15 is 0 Å². The van der Waals surface area contributed by atoms with Crippen molar-refractivity contribution in [3.05, 3.63) is 60.7 Å². The Labute approximate surface area is 146 Å². The molecule has 1 aliphatic carbocycles. The molecule has 0 saturated heterocycles. The van der Waals surface area contributed by atoms with E-state index in [-0.39, 0.29) is 17.2 Å². The van der Waals surface area contributed by atoms with Gasteiger partial charge in [0.05, 0.1) is 6.10 Å². The van der Waals surface area contributed by atoms with Crippen molar-refractivity contribution in [2.45, 2.75) is 57.3 Å². The van der Waals surface area contributed by atoms with Crippen LogP contribution < -0.4 is 10.4 Å². The van der Waals surface area contributed by atoms with Gasteiger partial charge in [0.15, 0.2) is 0 Å². The lowest BCUT2D eigenvalue weighted by molar-refractivity contribution is 0.144. The first-order valence-electron chi connectivity index (χ1n) is 8.90. The number of hydrogen-bond donors (Lipinski definition) is 1. The molecule has 0 radical (unpaired) electrons. The molecule has 0 aromatic heterocycles. The number of rotatable bonds is 4. The van der Waals surface area contributed by atoms with E-state index in [0.717, 1.165) is 19.3 Å². The molecular weight excluding hydrogens is 312 g/mol. The van der Waals surface area contributed by atoms with Gasteiger partial charge in [-0.1, -0.05) is 81.4 Å². The third-order valence-corrected chi connectivity index (χ3v) is 10.2. The summed E-state index contributed by atoms with van der Waals surface area (Å²) in [5, 5.41) is 12.6. The highest BCUT2D eigenvalue weighted by atomic mass is 28.4. The Morgan fingerprint density at radius 2 is 1.38 bits per heavy atom. The van der Waals surface area contributed by atoms with E-state index in [2.05, 4.69) is 81.4 Å². The van der Waals surface area contributed by atoms with Gasteiger partial charge >= 0.3 is 0 Å². The van der Waals surface area contributed by atoms with Crippen molar-refractivity contribution in [2.75, 3.05) is 0 Å². The lowest BCUT2D eigenvalue weighted by Crippen LogP contribution is -2.67. The summed E-state index contributed by atoms with van der Waals surface area (Å²) in [6, 6.07) is 21.4. The maximum atomic E-state index is 9.98. The fraction of sp³-hybridized carbons (Fsp3) is 0.429. The van der Waals surface area contributed by atoms with Gasteiger partial charge < -0.3 is 9.53 Å². The lowest BCUT2D eigenvalue weighted by Gasteiger charge is -2.44. The van der Waals surface area contributed by atoms with E-state index < -0.39 is 8.32 Å². The highest BCUT2D eigenvalue weighted by Gasteiger charge is 2.51. The Morgan fingerprint density at radius 3 is 1.75 bits per heavy atom. The highest BCUT2D eigenvalue weighted by Crippen LogP contribution is 2.39. The normalized spacial score (nSPS) is 21.8. The first kappa shape index (κ1) is 17.4. The molecule has 128 valence electrons. The fourth-order valence-corrected chi connectivity index (χ4v) is 8.69. The van der Waals surface area contributed by atoms with Crippen molar-refractivity contribution in [3.63, 3.8) is 0 Å². The average Bonchev–Trinajstić information content (AvgIpc) is 2.98. The van der Waals surface area contributed by atoms with Crippen molar-refractivity contribution < 1.29 is 9.53 Å². The van der Waals surface area contributed by atoms with Gasteiger partial charge in [-0.05, 0) is 34.7 Å². The molecule has 2 nitrogen and oxygen atoms in total. The van der Waals surface area contributed by atoms with Crippen LogP contribution in [0.3, 0.4) is 0 Å². The molecule has 3 rings (SSSR count). The monoisotopic (exact) mass is 340 g/mol. The molecule has 24 heavy (non-hydrogen) atoms. The summed E-state index contributed by atoms with van der Waals surface area (Å²) >= 11 is 0. The summed E-state index contributed by atoms with van der Waals surface area (Å²) in [7, 11) is -2.46. The van der Waals surface area contributed by atoms with Gasteiger partial charge in [0.1, 0.15) is 0 Å². The standard InChI is InChI=1S/C21H28O2Si/c1-21(2,3)24(19-10-6-4-7-11-19,20-12-8-5-9-13-20)23-18-15-14-17(22)16-18/h4-13,17-18,22H,14-16H2,1-3H3/t17-,18+/m0/s1. The molecule has 0 spiro atoms. The smallest absolute Gasteiger partial charge is 0.261 e. The van der Waals surface area contributed by atoms with E-state index in [4.69, 9.17) is 4.43 Å². The van der Waals surface area contributed by atoms with Crippen LogP contribution >= 0.6 is 0 Å². The maximum Gasteiger partial charge on any atom is 0.261 e. The van der Waals surface area contributed by atoms with Crippen molar-refractivity contribution >= 4 is 18.7 Å². The molecular formula is C21H28O2Si. The second kappa shape index (κ2) is 6.83. The SMILES string of the molecule is CC(C)(C)[Si](O[C@@H]1CC[C@H](O)C1)(c1ccccc1)c1ccccc1. The van der Waals surface area contributed by atoms with Crippen LogP contribution in [0.5, 0.6) is 0 Å². The van der Waals surface area contributed by atoms with Gasteiger partial charge in [0.2, 0.25) is 0 Å². The number of aliphatic hydroxyl groups excluding tert-OH is 1. The molecule has 0 bridgehead atoms. The average molecular weight is 341 g/mol. The number of aliphatic hydroxyl groups is 1. The van der Waals surface area contributed by atoms with E-state index in [0.29, 0.717) is 0 Å². The minimum atomic E-state index is -2.46. The second-order valence-corrected chi connectivity index (χ2v) is 12.1. The van der Waals surface area contributed by atoms with Gasteiger partial charge in [0, 0.05) is 6.10 Å². The second-order valence-electron chi connectivity index (χ2n) is 7.87. The number of hydrogen-bond acceptors (Lipinski definition) is 2. The molecule has 1 fully saturated rings. The van der Waals surface area contributed by atoms with Crippen molar-refractivity contribution in [1.82, 2.24) is 0 Å². The molecule has 2 atom stereocenters. The summed E-state index contributed by atoms with van der Waals surface area (Å²) in [5.74, 6) is 0. The summed E-state index contributed by atoms with van der Waals surface area (Å²) in [5.41, 5.74) is 0. The van der Waals surface area contributed by atoms with Gasteiger partial charge in [-0.15, -0.1) is 0 Å². The van der Waals surface area contributed by atoms with Crippen LogP contribution in [0, 0.1) is 0 Å². The zero-order valence-corrected chi connectivity index (χ0v) is 15.9. The van der Waals surface area contributed by atoms with Gasteiger partial charge in [-0.2, -0.15) is 0 Å². The van der Waals surface area contributed by atoms with E-state index in [1.54, 1.807) is 0 Å². The summed E-state index contributed by atoms with van der Waals surface area (Å²) in [6.07, 6.45) is 2.48. The predicted octanol–water partition coefficient (Wildman–Crippen LogP) is 3.48. The molecule has 1 N–H and O–H groups in total. The highest BCUT2D eigenvalue weighted by molar-refractivity contribution is 6.99. The first-order chi connectivity index (χ1) is 11.4. The summed E-state index contributed by atoms with van der Waals surface area (Å²) in [6.45, 7) is 6.89. The van der Waals surface area contributed by atoms with Gasteiger partial charge in [-0.3, -0.25) is 0 Å². The lowest BCUT2D eigenvalue weighted by atomic mass is 10.2. The van der Waals surface area contributed by atoms with Crippen LogP contribution in [0.4, 0.5) is 0 Å². The van der Waals surface area contributed by atoms with Crippen molar-refractivity contribution in [1.29, 1.82) is 0 Å². The third-order valence-electron chi connectivity index (χ3n) is 5.12. The molecule has 3 heteroatoms. The van der Waals surface area contributed by atoms with Crippen LogP contribution in [-0.2, 0) is 4.43 Å². The van der Waals surface area contributed by atoms with Crippen molar-refractivity contribution in [3.8, 4) is 0 Å². The van der Waals surface area contributed by atoms with Crippen LogP contribution in [0.1, 0.15) is 40.0 Å². The van der Waals surface area contributed by atoms with Crippen LogP contribution in [0.15, 0.2) is 60.7 Å². The molecule has 0 aliphatic heterocycles. The Morgan fingerprint density at radius 1 is 0.875 bits per heavy atom. The van der Waals surface area contributed by atoms with E-state index in [1.807, 2.05) is 0 Å². The molecule has 2 aromatic carbocycles. The Bertz CT molecular complexity index is 609. The zero-order chi connectivity index (χ0) is 17.2. The fourth-order valence-electron chi connectivity index (χ4n) is 3.97. The molecule has 0 unspecified atom stereocenters. The minimum absolute atomic E-state index is 0.00322. The van der Waals surface area contributed by atoms with E-state index in [9.17, 15) is 5.11 Å². The molecule has 0 heterocycles. The largest absolute Gasteiger partial charge is 0.404 e. The zero-order valence-electron chi connectivity index (χ0n) is 14.9. The third kappa shape index (κ3) is 3.21. The molecule has 0 amide bonds. The summed E-state index contributed by atoms with van der Waals surface area (Å²) in [4.78, 5) is 0. The molecule has 1 saturated carbocycles. The van der Waals surface area contributed by atoms with Gasteiger partial charge in [-0.25, -0.2) is 0 Å². The quantitative estimate of drug-likeness (QED) is 0.864. The molecule has 2 aromatic rings. The molecule has 1 aliphatic rings. The van der Waals surface area contributed by atoms with Crippen LogP contribution in [0.2, 0.25) is 5.04 Å². The van der Waals surface area contributed by atoms with Crippen molar-refractivity contribution in [2.24, 2.45) is 0 Å². The Balaban J connectivity index is 2.14. The topological polar surface area (TPSA) is 29.5 Å². The van der Waals surface area contributed by atoms with E-state index in [1.165, 1.54) is 10.4 Å². The maximum absolute atomic E-state index is 9.98. The predicted molar refractivity (Wildman–Crippen MR) is 102 cm³/mol. The first-order valence-corrected chi connectivity index (χ1v) is 10.8. The Kier molecular flexibility index (Phi) is 4.95. The van der Waals surface area contributed by atoms with Gasteiger partial charge in [0.25, 0.3) is 8.32 Å². The van der Waals surface area contributed by atoms with Crippen LogP contribution in [-0.4, -0.2) is 25.6 Å². The summed E-state index contributed by atoms with van der Waals surface area (Å²) < 4.78 is 6.98.